The number of rotatable bonds is 4. The van der Waals surface area contributed by atoms with Crippen LogP contribution < -0.4 is 0 Å². The molecule has 1 rings (SSSR count). The average Bonchev–Trinajstić information content (AvgIpc) is 2.56. The van der Waals surface area contributed by atoms with Gasteiger partial charge in [-0.15, -0.1) is 0 Å². The summed E-state index contributed by atoms with van der Waals surface area (Å²) in [6.45, 7) is 15.0. The van der Waals surface area contributed by atoms with Crippen molar-refractivity contribution < 1.29 is 38.4 Å². The van der Waals surface area contributed by atoms with E-state index in [4.69, 9.17) is 18.9 Å². The lowest BCUT2D eigenvalue weighted by molar-refractivity contribution is -0.291. The predicted molar refractivity (Wildman–Crippen MR) is 113 cm³/mol. The van der Waals surface area contributed by atoms with Crippen LogP contribution in [0.2, 0.25) is 0 Å². The minimum absolute atomic E-state index is 0.190. The summed E-state index contributed by atoms with van der Waals surface area (Å²) >= 11 is 3.28. The third-order valence-corrected chi connectivity index (χ3v) is 4.97. The van der Waals surface area contributed by atoms with E-state index in [0.717, 1.165) is 0 Å². The quantitative estimate of drug-likeness (QED) is 0.360. The van der Waals surface area contributed by atoms with Gasteiger partial charge in [-0.2, -0.15) is 0 Å². The first kappa shape index (κ1) is 26.8. The Morgan fingerprint density at radius 1 is 0.733 bits per heavy atom. The summed E-state index contributed by atoms with van der Waals surface area (Å²) in [6.07, 6.45) is -6.10. The minimum atomic E-state index is -1.57. The van der Waals surface area contributed by atoms with Crippen LogP contribution in [0.3, 0.4) is 0 Å². The lowest BCUT2D eigenvalue weighted by Gasteiger charge is -2.44. The van der Waals surface area contributed by atoms with Crippen molar-refractivity contribution in [3.8, 4) is 0 Å². The van der Waals surface area contributed by atoms with Gasteiger partial charge in [-0.25, -0.2) is 0 Å². The van der Waals surface area contributed by atoms with Crippen molar-refractivity contribution in [2.24, 2.45) is 16.2 Å². The Morgan fingerprint density at radius 3 is 1.40 bits per heavy atom. The van der Waals surface area contributed by atoms with Crippen LogP contribution in [0.5, 0.6) is 0 Å². The lowest BCUT2D eigenvalue weighted by atomic mass is 9.93. The van der Waals surface area contributed by atoms with Crippen LogP contribution in [0.15, 0.2) is 0 Å². The minimum Gasteiger partial charge on any atom is -0.455 e. The molecule has 0 aliphatic carbocycles. The van der Waals surface area contributed by atoms with Crippen molar-refractivity contribution in [1.82, 2.24) is 0 Å². The number of halogens is 1. The van der Waals surface area contributed by atoms with Crippen LogP contribution in [-0.2, 0) is 33.3 Å². The van der Waals surface area contributed by atoms with Gasteiger partial charge in [0.15, 0.2) is 24.6 Å². The molecule has 0 amide bonds. The zero-order valence-corrected chi connectivity index (χ0v) is 20.9. The molecule has 0 spiro atoms. The molecule has 30 heavy (non-hydrogen) atoms. The van der Waals surface area contributed by atoms with Crippen molar-refractivity contribution in [2.75, 3.05) is 5.33 Å². The van der Waals surface area contributed by atoms with Gasteiger partial charge < -0.3 is 24.1 Å². The fraction of sp³-hybridized carbons (Fsp3) is 0.857. The summed E-state index contributed by atoms with van der Waals surface area (Å²) < 4.78 is 22.3. The maximum absolute atomic E-state index is 12.7. The van der Waals surface area contributed by atoms with Gasteiger partial charge in [0.1, 0.15) is 6.10 Å². The summed E-state index contributed by atoms with van der Waals surface area (Å²) in [5.41, 5.74) is -2.57. The van der Waals surface area contributed by atoms with Crippen molar-refractivity contribution in [1.29, 1.82) is 0 Å². The van der Waals surface area contributed by atoms with E-state index < -0.39 is 64.9 Å². The number of carbonyl (C=O) groups is 3. The molecule has 1 aliphatic heterocycles. The molecule has 0 bridgehead atoms. The van der Waals surface area contributed by atoms with Gasteiger partial charge >= 0.3 is 17.9 Å². The van der Waals surface area contributed by atoms with E-state index in [1.54, 1.807) is 62.3 Å². The number of alkyl halides is 1. The highest BCUT2D eigenvalue weighted by Crippen LogP contribution is 2.33. The van der Waals surface area contributed by atoms with Gasteiger partial charge in [-0.1, -0.05) is 15.9 Å². The van der Waals surface area contributed by atoms with Gasteiger partial charge in [-0.3, -0.25) is 14.4 Å². The number of aliphatic hydroxyl groups is 1. The van der Waals surface area contributed by atoms with Gasteiger partial charge in [-0.05, 0) is 62.3 Å². The predicted octanol–water partition coefficient (Wildman–Crippen LogP) is 2.97. The summed E-state index contributed by atoms with van der Waals surface area (Å²) in [7, 11) is 0. The lowest BCUT2D eigenvalue weighted by Crippen LogP contribution is -2.63. The molecular weight excluding hydrogens is 460 g/mol. The molecule has 8 nitrogen and oxygen atoms in total. The van der Waals surface area contributed by atoms with Crippen molar-refractivity contribution >= 4 is 33.8 Å². The number of hydrogen-bond donors (Lipinski definition) is 1. The first-order valence-electron chi connectivity index (χ1n) is 9.92. The SMILES string of the molecule is CC(C)(C)C(=O)O[C@@H]1[C@@H](OC(=O)C(C)(C)C)[C@H](O)O[C@H](CBr)[C@H]1OC(=O)C(C)(C)C. The molecule has 5 atom stereocenters. The second kappa shape index (κ2) is 9.53. The maximum Gasteiger partial charge on any atom is 0.311 e. The second-order valence-corrected chi connectivity index (χ2v) is 11.2. The van der Waals surface area contributed by atoms with Crippen LogP contribution in [0.4, 0.5) is 0 Å². The molecule has 1 saturated heterocycles. The van der Waals surface area contributed by atoms with E-state index in [1.165, 1.54) is 0 Å². The van der Waals surface area contributed by atoms with E-state index in [2.05, 4.69) is 15.9 Å². The Balaban J connectivity index is 3.37. The fourth-order valence-electron chi connectivity index (χ4n) is 2.32. The average molecular weight is 495 g/mol. The Bertz CT molecular complexity index is 641. The summed E-state index contributed by atoms with van der Waals surface area (Å²) in [6, 6.07) is 0. The van der Waals surface area contributed by atoms with Crippen LogP contribution >= 0.6 is 15.9 Å². The molecule has 0 aromatic heterocycles. The van der Waals surface area contributed by atoms with Crippen molar-refractivity contribution in [3.63, 3.8) is 0 Å². The summed E-state index contributed by atoms with van der Waals surface area (Å²) in [4.78, 5) is 37.7. The largest absolute Gasteiger partial charge is 0.455 e. The van der Waals surface area contributed by atoms with E-state index >= 15 is 0 Å². The molecule has 9 heteroatoms. The van der Waals surface area contributed by atoms with Crippen molar-refractivity contribution in [2.45, 2.75) is 93.0 Å². The monoisotopic (exact) mass is 494 g/mol. The highest BCUT2D eigenvalue weighted by Gasteiger charge is 2.53. The van der Waals surface area contributed by atoms with E-state index in [9.17, 15) is 19.5 Å². The Labute approximate surface area is 187 Å². The second-order valence-electron chi connectivity index (χ2n) is 10.6. The Hall–Kier alpha value is -1.19. The van der Waals surface area contributed by atoms with Crippen LogP contribution in [0, 0.1) is 16.2 Å². The van der Waals surface area contributed by atoms with Gasteiger partial charge in [0.25, 0.3) is 0 Å². The van der Waals surface area contributed by atoms with E-state index in [1.807, 2.05) is 0 Å². The molecule has 0 radical (unpaired) electrons. The molecule has 0 saturated carbocycles. The highest BCUT2D eigenvalue weighted by atomic mass is 79.9. The number of ether oxygens (including phenoxy) is 4. The third kappa shape index (κ3) is 6.92. The van der Waals surface area contributed by atoms with Crippen molar-refractivity contribution in [3.05, 3.63) is 0 Å². The number of carbonyl (C=O) groups excluding carboxylic acids is 3. The standard InChI is InChI=1S/C21H35BrO8/c1-19(2,3)16(24)28-12-11(10-22)27-15(23)14(30-18(26)21(7,8)9)13(12)29-17(25)20(4,5)6/h11-15,23H,10H2,1-9H3/t11-,12-,13+,14-,15-/m1/s1. The summed E-state index contributed by atoms with van der Waals surface area (Å²) in [5, 5.41) is 10.7. The molecule has 0 aromatic carbocycles. The third-order valence-electron chi connectivity index (χ3n) is 4.33. The molecule has 1 heterocycles. The van der Waals surface area contributed by atoms with Crippen LogP contribution in [0.1, 0.15) is 62.3 Å². The van der Waals surface area contributed by atoms with E-state index in [0.29, 0.717) is 0 Å². The molecule has 1 N–H and O–H groups in total. The first-order valence-corrected chi connectivity index (χ1v) is 11.0. The smallest absolute Gasteiger partial charge is 0.311 e. The molecule has 0 aromatic rings. The fourth-order valence-corrected chi connectivity index (χ4v) is 2.84. The number of esters is 3. The first-order chi connectivity index (χ1) is 13.4. The summed E-state index contributed by atoms with van der Waals surface area (Å²) in [5.74, 6) is -1.76. The van der Waals surface area contributed by atoms with E-state index in [-0.39, 0.29) is 5.33 Å². The zero-order valence-electron chi connectivity index (χ0n) is 19.3. The Morgan fingerprint density at radius 2 is 1.07 bits per heavy atom. The molecule has 174 valence electrons. The number of aliphatic hydroxyl groups excluding tert-OH is 1. The molecule has 1 aliphatic rings. The highest BCUT2D eigenvalue weighted by molar-refractivity contribution is 9.09. The normalized spacial score (nSPS) is 27.9. The van der Waals surface area contributed by atoms with Gasteiger partial charge in [0.2, 0.25) is 0 Å². The van der Waals surface area contributed by atoms with Crippen LogP contribution in [-0.4, -0.2) is 59.1 Å². The van der Waals surface area contributed by atoms with Gasteiger partial charge in [0, 0.05) is 5.33 Å². The Kier molecular flexibility index (Phi) is 8.52. The topological polar surface area (TPSA) is 108 Å². The van der Waals surface area contributed by atoms with Gasteiger partial charge in [0.05, 0.1) is 16.2 Å². The molecular formula is C21H35BrO8. The molecule has 1 fully saturated rings. The maximum atomic E-state index is 12.7. The molecule has 0 unspecified atom stereocenters. The van der Waals surface area contributed by atoms with Crippen LogP contribution in [0.25, 0.3) is 0 Å². The number of hydrogen-bond acceptors (Lipinski definition) is 8. The zero-order chi connectivity index (χ0) is 23.7.